The molecule has 4 N–H and O–H groups in total. The highest BCUT2D eigenvalue weighted by Crippen LogP contribution is 2.10. The molecule has 2 rings (SSSR count). The van der Waals surface area contributed by atoms with Gasteiger partial charge in [-0.15, -0.1) is 0 Å². The summed E-state index contributed by atoms with van der Waals surface area (Å²) in [4.78, 5) is 23.6. The maximum atomic E-state index is 11.8. The molecule has 0 atom stereocenters. The summed E-state index contributed by atoms with van der Waals surface area (Å²) in [5.41, 5.74) is 8.31. The Balaban J connectivity index is 1.73. The van der Waals surface area contributed by atoms with Gasteiger partial charge in [0.2, 0.25) is 0 Å². The fraction of sp³-hybridized carbons (Fsp3) is 0.400. The third-order valence-corrected chi connectivity index (χ3v) is 3.27. The van der Waals surface area contributed by atoms with Gasteiger partial charge in [-0.2, -0.15) is 5.10 Å². The number of carbonyl (C=O) groups is 2. The van der Waals surface area contributed by atoms with Crippen LogP contribution in [0.15, 0.2) is 29.4 Å². The second-order valence-corrected chi connectivity index (χ2v) is 5.16. The van der Waals surface area contributed by atoms with Gasteiger partial charge in [-0.05, 0) is 29.8 Å². The normalized spacial score (nSPS) is 15.5. The van der Waals surface area contributed by atoms with E-state index in [1.54, 1.807) is 30.5 Å². The first-order chi connectivity index (χ1) is 11.1. The molecule has 8 nitrogen and oxygen atoms in total. The molecule has 1 aromatic carbocycles. The second kappa shape index (κ2) is 8.86. The maximum Gasteiger partial charge on any atom is 0.295 e. The Labute approximate surface area is 134 Å². The van der Waals surface area contributed by atoms with Crippen LogP contribution in [0.1, 0.15) is 5.56 Å². The average molecular weight is 321 g/mol. The minimum absolute atomic E-state index is 0.125. The van der Waals surface area contributed by atoms with Gasteiger partial charge in [-0.3, -0.25) is 9.59 Å². The molecule has 124 valence electrons. The smallest absolute Gasteiger partial charge is 0.295 e. The monoisotopic (exact) mass is 321 g/mol. The molecule has 0 saturated carbocycles. The van der Waals surface area contributed by atoms with Crippen LogP contribution in [0.4, 0.5) is 0 Å². The lowest BCUT2D eigenvalue weighted by Crippen LogP contribution is -3.15. The first kappa shape index (κ1) is 16.9. The number of rotatable bonds is 7. The fourth-order valence-electron chi connectivity index (χ4n) is 2.09. The van der Waals surface area contributed by atoms with Gasteiger partial charge in [0.25, 0.3) is 11.8 Å². The van der Waals surface area contributed by atoms with E-state index in [0.29, 0.717) is 25.5 Å². The third kappa shape index (κ3) is 6.45. The number of carbonyl (C=O) groups excluding carboxylic acids is 2. The summed E-state index contributed by atoms with van der Waals surface area (Å²) in [6.07, 6.45) is 1.55. The molecule has 8 heteroatoms. The molecular weight excluding hydrogens is 300 g/mol. The van der Waals surface area contributed by atoms with E-state index in [4.69, 9.17) is 15.2 Å². The van der Waals surface area contributed by atoms with E-state index in [1.807, 2.05) is 0 Å². The molecule has 1 aromatic rings. The van der Waals surface area contributed by atoms with Crippen molar-refractivity contribution in [2.24, 2.45) is 10.8 Å². The van der Waals surface area contributed by atoms with Gasteiger partial charge in [0.05, 0.1) is 19.4 Å². The van der Waals surface area contributed by atoms with Crippen molar-refractivity contribution in [2.45, 2.75) is 0 Å². The Kier molecular flexibility index (Phi) is 6.52. The lowest BCUT2D eigenvalue weighted by Gasteiger charge is -2.22. The van der Waals surface area contributed by atoms with Crippen LogP contribution in [-0.4, -0.2) is 57.5 Å². The Morgan fingerprint density at radius 1 is 1.30 bits per heavy atom. The minimum atomic E-state index is -0.527. The lowest BCUT2D eigenvalue weighted by atomic mass is 10.2. The highest BCUT2D eigenvalue weighted by atomic mass is 16.5. The maximum absolute atomic E-state index is 11.8. The van der Waals surface area contributed by atoms with Gasteiger partial charge in [0, 0.05) is 0 Å². The number of nitrogens with zero attached hydrogens (tertiary/aromatic N) is 1. The summed E-state index contributed by atoms with van der Waals surface area (Å²) < 4.78 is 10.4. The summed E-state index contributed by atoms with van der Waals surface area (Å²) in [7, 11) is 0. The Morgan fingerprint density at radius 2 is 2.00 bits per heavy atom. The van der Waals surface area contributed by atoms with Crippen LogP contribution in [0.2, 0.25) is 0 Å². The Bertz CT molecular complexity index is 553. The van der Waals surface area contributed by atoms with E-state index in [-0.39, 0.29) is 12.5 Å². The van der Waals surface area contributed by atoms with E-state index >= 15 is 0 Å². The Morgan fingerprint density at radius 3 is 2.65 bits per heavy atom. The molecule has 0 aromatic heterocycles. The number of hydrogen-bond acceptors (Lipinski definition) is 5. The number of quaternary nitrogens is 1. The summed E-state index contributed by atoms with van der Waals surface area (Å²) >= 11 is 0. The molecule has 0 spiro atoms. The summed E-state index contributed by atoms with van der Waals surface area (Å²) in [5.74, 6) is -0.110. The molecule has 1 saturated heterocycles. The molecule has 0 bridgehead atoms. The van der Waals surface area contributed by atoms with E-state index in [2.05, 4.69) is 10.5 Å². The van der Waals surface area contributed by atoms with Crippen molar-refractivity contribution >= 4 is 18.0 Å². The van der Waals surface area contributed by atoms with Crippen LogP contribution in [0.3, 0.4) is 0 Å². The first-order valence-electron chi connectivity index (χ1n) is 7.38. The quantitative estimate of drug-likeness (QED) is 0.395. The molecule has 1 fully saturated rings. The predicted octanol–water partition coefficient (Wildman–Crippen LogP) is -2.08. The van der Waals surface area contributed by atoms with Gasteiger partial charge in [-0.25, -0.2) is 5.43 Å². The zero-order valence-corrected chi connectivity index (χ0v) is 12.8. The summed E-state index contributed by atoms with van der Waals surface area (Å²) in [5, 5.41) is 3.93. The highest BCUT2D eigenvalue weighted by Gasteiger charge is 2.16. The van der Waals surface area contributed by atoms with Crippen molar-refractivity contribution in [3.8, 4) is 5.75 Å². The largest absolute Gasteiger partial charge is 0.484 e. The van der Waals surface area contributed by atoms with Gasteiger partial charge in [0.1, 0.15) is 18.8 Å². The minimum Gasteiger partial charge on any atom is -0.484 e. The second-order valence-electron chi connectivity index (χ2n) is 5.16. The Hall–Kier alpha value is -2.45. The van der Waals surface area contributed by atoms with Crippen LogP contribution >= 0.6 is 0 Å². The number of benzene rings is 1. The lowest BCUT2D eigenvalue weighted by molar-refractivity contribution is -0.900. The summed E-state index contributed by atoms with van der Waals surface area (Å²) in [6, 6.07) is 6.92. The van der Waals surface area contributed by atoms with E-state index in [1.165, 1.54) is 4.90 Å². The number of amides is 2. The van der Waals surface area contributed by atoms with Crippen molar-refractivity contribution in [3.05, 3.63) is 29.8 Å². The molecular formula is C15H21N4O4+. The number of morpholine rings is 1. The molecule has 0 radical (unpaired) electrons. The number of hydrazone groups is 1. The van der Waals surface area contributed by atoms with Crippen molar-refractivity contribution in [3.63, 3.8) is 0 Å². The third-order valence-electron chi connectivity index (χ3n) is 3.27. The van der Waals surface area contributed by atoms with Gasteiger partial charge < -0.3 is 20.1 Å². The number of ether oxygens (including phenoxy) is 2. The number of primary amides is 1. The van der Waals surface area contributed by atoms with Crippen molar-refractivity contribution in [1.29, 1.82) is 0 Å². The van der Waals surface area contributed by atoms with Gasteiger partial charge in [-0.1, -0.05) is 0 Å². The van der Waals surface area contributed by atoms with E-state index in [0.717, 1.165) is 18.7 Å². The van der Waals surface area contributed by atoms with Gasteiger partial charge in [0.15, 0.2) is 13.2 Å². The first-order valence-corrected chi connectivity index (χ1v) is 7.38. The van der Waals surface area contributed by atoms with Gasteiger partial charge >= 0.3 is 0 Å². The SMILES string of the molecule is NC(=O)COc1ccc(/C=N\NC(=O)C[NH+]2CCOCC2)cc1. The number of nitrogens with one attached hydrogen (secondary N) is 2. The number of nitrogens with two attached hydrogens (primary N) is 1. The highest BCUT2D eigenvalue weighted by molar-refractivity contribution is 5.82. The van der Waals surface area contributed by atoms with Crippen molar-refractivity contribution < 1.29 is 24.0 Å². The zero-order valence-electron chi connectivity index (χ0n) is 12.8. The van der Waals surface area contributed by atoms with E-state index in [9.17, 15) is 9.59 Å². The molecule has 1 aliphatic rings. The van der Waals surface area contributed by atoms with Crippen LogP contribution in [0, 0.1) is 0 Å². The van der Waals surface area contributed by atoms with Crippen LogP contribution in [0.5, 0.6) is 5.75 Å². The number of hydrogen-bond donors (Lipinski definition) is 3. The topological polar surface area (TPSA) is 107 Å². The molecule has 2 amide bonds. The predicted molar refractivity (Wildman–Crippen MR) is 83.3 cm³/mol. The average Bonchev–Trinajstić information content (AvgIpc) is 2.55. The molecule has 1 aliphatic heterocycles. The van der Waals surface area contributed by atoms with Crippen molar-refractivity contribution in [2.75, 3.05) is 39.5 Å². The molecule has 1 heterocycles. The molecule has 0 unspecified atom stereocenters. The van der Waals surface area contributed by atoms with E-state index < -0.39 is 5.91 Å². The summed E-state index contributed by atoms with van der Waals surface area (Å²) in [6.45, 7) is 3.29. The van der Waals surface area contributed by atoms with Crippen LogP contribution in [0.25, 0.3) is 0 Å². The molecule has 23 heavy (non-hydrogen) atoms. The van der Waals surface area contributed by atoms with Crippen molar-refractivity contribution in [1.82, 2.24) is 5.43 Å². The van der Waals surface area contributed by atoms with Crippen LogP contribution < -0.4 is 20.8 Å². The van der Waals surface area contributed by atoms with Crippen LogP contribution in [-0.2, 0) is 14.3 Å². The fourth-order valence-corrected chi connectivity index (χ4v) is 2.09. The zero-order chi connectivity index (χ0) is 16.5. The molecule has 0 aliphatic carbocycles. The standard InChI is InChI=1S/C15H20N4O4/c16-14(20)11-23-13-3-1-12(2-4-13)9-17-18-15(21)10-19-5-7-22-8-6-19/h1-4,9H,5-8,10-11H2,(H2,16,20)(H,18,21)/p+1/b17-9-.